The van der Waals surface area contributed by atoms with Crippen molar-refractivity contribution in [2.75, 3.05) is 0 Å². The predicted molar refractivity (Wildman–Crippen MR) is 153 cm³/mol. The summed E-state index contributed by atoms with van der Waals surface area (Å²) in [7, 11) is -6.59. The third-order valence-electron chi connectivity index (χ3n) is 8.97. The Bertz CT molecular complexity index is 2130. The van der Waals surface area contributed by atoms with E-state index in [-0.39, 0.29) is 12.1 Å². The molecule has 5 rings (SSSR count). The second kappa shape index (κ2) is 13.6. The van der Waals surface area contributed by atoms with Crippen LogP contribution in [0.5, 0.6) is 0 Å². The normalized spacial score (nSPS) is 15.8. The molecule has 54 heavy (non-hydrogen) atoms. The zero-order valence-corrected chi connectivity index (χ0v) is 27.0. The molecule has 0 nitrogen and oxygen atoms in total. The SMILES string of the molecule is C/C=C1/[B-](c2c(F)c(F)c(F)c(F)c2F)(c2c(F)c(F)c(F)c(F)c2F)C=C(CCC)[P+]1(c1c(F)c(F)c(F)c(F)c1F)c1c(F)c(F)c(F)c(F)c1F. The van der Waals surface area contributed by atoms with Crippen molar-refractivity contribution in [2.45, 2.75) is 26.7 Å². The third-order valence-corrected chi connectivity index (χ3v) is 13.8. The number of halogens is 20. The van der Waals surface area contributed by atoms with Crippen LogP contribution in [0.2, 0.25) is 0 Å². The largest absolute Gasteiger partial charge is 0.208 e. The van der Waals surface area contributed by atoms with E-state index in [4.69, 9.17) is 0 Å². The minimum Gasteiger partial charge on any atom is -0.207 e. The molecule has 0 fully saturated rings. The monoisotopic (exact) mass is 818 g/mol. The summed E-state index contributed by atoms with van der Waals surface area (Å²) in [4.78, 5) is 0. The summed E-state index contributed by atoms with van der Waals surface area (Å²) >= 11 is 0. The Kier molecular flexibility index (Phi) is 10.3. The van der Waals surface area contributed by atoms with Crippen molar-refractivity contribution in [3.05, 3.63) is 139 Å². The van der Waals surface area contributed by atoms with Gasteiger partial charge in [-0.1, -0.05) is 18.2 Å². The summed E-state index contributed by atoms with van der Waals surface area (Å²) in [5.74, 6) is -62.6. The van der Waals surface area contributed by atoms with Crippen molar-refractivity contribution < 1.29 is 87.8 Å². The van der Waals surface area contributed by atoms with Gasteiger partial charge in [-0.15, -0.1) is 10.9 Å². The molecule has 4 aromatic carbocycles. The van der Waals surface area contributed by atoms with Crippen LogP contribution in [0.15, 0.2) is 22.6 Å². The van der Waals surface area contributed by atoms with Gasteiger partial charge in [0, 0.05) is 11.7 Å². The molecule has 0 N–H and O–H groups in total. The molecule has 0 aromatic heterocycles. The van der Waals surface area contributed by atoms with Crippen LogP contribution in [0.3, 0.4) is 0 Å². The highest BCUT2D eigenvalue weighted by Gasteiger charge is 2.67. The molecule has 22 heteroatoms. The van der Waals surface area contributed by atoms with Gasteiger partial charge in [-0.3, -0.25) is 0 Å². The maximum atomic E-state index is 16.1. The summed E-state index contributed by atoms with van der Waals surface area (Å²) in [6.45, 7) is 1.38. The van der Waals surface area contributed by atoms with E-state index < -0.39 is 175 Å². The zero-order valence-electron chi connectivity index (χ0n) is 26.2. The van der Waals surface area contributed by atoms with Gasteiger partial charge < -0.3 is 0 Å². The zero-order chi connectivity index (χ0) is 40.8. The lowest BCUT2D eigenvalue weighted by atomic mass is 9.18. The van der Waals surface area contributed by atoms with Gasteiger partial charge in [-0.2, -0.15) is 23.5 Å². The van der Waals surface area contributed by atoms with Gasteiger partial charge in [0.05, 0.1) is 0 Å². The lowest BCUT2D eigenvalue weighted by molar-refractivity contribution is 0.382. The van der Waals surface area contributed by atoms with Gasteiger partial charge in [0.2, 0.25) is 58.2 Å². The third kappa shape index (κ3) is 4.98. The first kappa shape index (κ1) is 40.6. The summed E-state index contributed by atoms with van der Waals surface area (Å²) in [5.41, 5.74) is -5.38. The molecule has 0 spiro atoms. The summed E-state index contributed by atoms with van der Waals surface area (Å²) in [6, 6.07) is 0. The average molecular weight is 818 g/mol. The van der Waals surface area contributed by atoms with E-state index >= 15 is 52.7 Å². The van der Waals surface area contributed by atoms with Gasteiger partial charge >= 0.3 is 0 Å². The molecule has 1 aliphatic rings. The van der Waals surface area contributed by atoms with Gasteiger partial charge in [0.15, 0.2) is 51.7 Å². The molecular formula is C32H12BF20P. The van der Waals surface area contributed by atoms with Crippen molar-refractivity contribution >= 4 is 34.9 Å². The quantitative estimate of drug-likeness (QED) is 0.0599. The van der Waals surface area contributed by atoms with Gasteiger partial charge in [-0.05, 0) is 13.3 Å². The Morgan fingerprint density at radius 3 is 0.889 bits per heavy atom. The van der Waals surface area contributed by atoms with E-state index in [0.29, 0.717) is 6.92 Å². The predicted octanol–water partition coefficient (Wildman–Crippen LogP) is 9.38. The molecule has 1 heterocycles. The Morgan fingerprint density at radius 2 is 0.648 bits per heavy atom. The maximum Gasteiger partial charge on any atom is 0.208 e. The van der Waals surface area contributed by atoms with E-state index in [0.717, 1.165) is 6.92 Å². The number of hydrogen-bond donors (Lipinski definition) is 0. The van der Waals surface area contributed by atoms with E-state index in [9.17, 15) is 35.1 Å². The first-order valence-electron chi connectivity index (χ1n) is 14.6. The Labute approximate surface area is 288 Å². The van der Waals surface area contributed by atoms with Gasteiger partial charge in [0.1, 0.15) is 30.5 Å². The molecule has 0 unspecified atom stereocenters. The second-order valence-corrected chi connectivity index (χ2v) is 14.9. The highest BCUT2D eigenvalue weighted by atomic mass is 31.2. The topological polar surface area (TPSA) is 0 Å². The molecule has 0 amide bonds. The molecule has 0 saturated carbocycles. The van der Waals surface area contributed by atoms with E-state index in [1.54, 1.807) is 0 Å². The van der Waals surface area contributed by atoms with E-state index in [1.165, 1.54) is 0 Å². The molecule has 0 aliphatic carbocycles. The minimum atomic E-state index is -6.59. The number of benzene rings is 4. The number of hydrogen-bond acceptors (Lipinski definition) is 0. The minimum absolute atomic E-state index is 0.0148. The fourth-order valence-corrected chi connectivity index (χ4v) is 12.6. The van der Waals surface area contributed by atoms with Crippen LogP contribution in [0.25, 0.3) is 0 Å². The lowest BCUT2D eigenvalue weighted by Crippen LogP contribution is -2.64. The Balaban J connectivity index is 2.31. The summed E-state index contributed by atoms with van der Waals surface area (Å²) < 4.78 is 306. The van der Waals surface area contributed by atoms with Crippen molar-refractivity contribution in [3.8, 4) is 0 Å². The molecule has 1 aliphatic heterocycles. The number of allylic oxidation sites excluding steroid dienone is 2. The van der Waals surface area contributed by atoms with E-state index in [1.807, 2.05) is 0 Å². The molecule has 288 valence electrons. The van der Waals surface area contributed by atoms with Crippen molar-refractivity contribution in [1.29, 1.82) is 0 Å². The van der Waals surface area contributed by atoms with Crippen molar-refractivity contribution in [2.24, 2.45) is 0 Å². The fourth-order valence-electron chi connectivity index (χ4n) is 7.00. The summed E-state index contributed by atoms with van der Waals surface area (Å²) in [5, 5.41) is -8.83. The van der Waals surface area contributed by atoms with Crippen LogP contribution in [-0.2, 0) is 0 Å². The fraction of sp³-hybridized carbons (Fsp3) is 0.125. The molecule has 0 radical (unpaired) electrons. The average Bonchev–Trinajstić information content (AvgIpc) is 3.40. The summed E-state index contributed by atoms with van der Waals surface area (Å²) in [6.07, 6.45) is -7.65. The van der Waals surface area contributed by atoms with Crippen LogP contribution in [-0.4, -0.2) is 6.15 Å². The van der Waals surface area contributed by atoms with Crippen molar-refractivity contribution in [3.63, 3.8) is 0 Å². The first-order chi connectivity index (χ1) is 25.1. The smallest absolute Gasteiger partial charge is 0.207 e. The molecule has 0 saturated heterocycles. The first-order valence-corrected chi connectivity index (χ1v) is 16.4. The molecule has 0 atom stereocenters. The van der Waals surface area contributed by atoms with Crippen LogP contribution >= 0.6 is 7.26 Å². The van der Waals surface area contributed by atoms with Crippen LogP contribution < -0.4 is 21.5 Å². The second-order valence-electron chi connectivity index (χ2n) is 11.5. The van der Waals surface area contributed by atoms with Crippen molar-refractivity contribution in [1.82, 2.24) is 0 Å². The van der Waals surface area contributed by atoms with Gasteiger partial charge in [-0.25, -0.2) is 70.2 Å². The highest BCUT2D eigenvalue weighted by Crippen LogP contribution is 2.77. The lowest BCUT2D eigenvalue weighted by Gasteiger charge is -2.41. The van der Waals surface area contributed by atoms with Crippen LogP contribution in [0, 0.1) is 116 Å². The molecule has 0 bridgehead atoms. The number of rotatable bonds is 6. The standard InChI is InChI=1S/C32H12BF20P/c1-3-5-7-6-33(9-11(34)15(38)19(42)16(39)12(9)35,10-13(36)17(40)20(43)18(41)14(10)37)8(4-2)54(7,31-27(50)23(46)21(44)24(47)28(31)51)32-29(52)25(48)22(45)26(49)30(32)53/h4,6H,3,5H2,1-2H3/b8-4-. The Morgan fingerprint density at radius 1 is 0.407 bits per heavy atom. The Hall–Kier alpha value is -4.55. The van der Waals surface area contributed by atoms with E-state index in [2.05, 4.69) is 0 Å². The van der Waals surface area contributed by atoms with Crippen LogP contribution in [0.4, 0.5) is 87.8 Å². The molecular weight excluding hydrogens is 806 g/mol. The van der Waals surface area contributed by atoms with Gasteiger partial charge in [0.25, 0.3) is 0 Å². The van der Waals surface area contributed by atoms with Crippen LogP contribution in [0.1, 0.15) is 26.7 Å². The highest BCUT2D eigenvalue weighted by molar-refractivity contribution is 8.00. The maximum absolute atomic E-state index is 16.1. The molecule has 4 aromatic rings.